The number of piperidine rings is 1. The van der Waals surface area contributed by atoms with Crippen molar-refractivity contribution in [2.45, 2.75) is 52.1 Å². The Morgan fingerprint density at radius 3 is 2.72 bits per heavy atom. The van der Waals surface area contributed by atoms with Gasteiger partial charge < -0.3 is 10.3 Å². The Morgan fingerprint density at radius 1 is 1.44 bits per heavy atom. The van der Waals surface area contributed by atoms with Crippen LogP contribution in [0.4, 0.5) is 0 Å². The minimum atomic E-state index is -0.0609. The molecule has 1 aliphatic rings. The lowest BCUT2D eigenvalue weighted by Crippen LogP contribution is -2.47. The fourth-order valence-corrected chi connectivity index (χ4v) is 2.13. The summed E-state index contributed by atoms with van der Waals surface area (Å²) >= 11 is 0. The molecule has 0 amide bonds. The van der Waals surface area contributed by atoms with Crippen molar-refractivity contribution < 1.29 is 4.52 Å². The predicted octanol–water partition coefficient (Wildman–Crippen LogP) is 1.54. The highest BCUT2D eigenvalue weighted by atomic mass is 16.5. The van der Waals surface area contributed by atoms with Crippen LogP contribution < -0.4 is 5.73 Å². The van der Waals surface area contributed by atoms with Crippen LogP contribution in [0.15, 0.2) is 4.52 Å². The van der Waals surface area contributed by atoms with Crippen molar-refractivity contribution in [3.63, 3.8) is 0 Å². The van der Waals surface area contributed by atoms with E-state index in [1.807, 2.05) is 0 Å². The van der Waals surface area contributed by atoms with Crippen molar-refractivity contribution in [2.24, 2.45) is 11.7 Å². The molecule has 0 saturated carbocycles. The van der Waals surface area contributed by atoms with E-state index in [-0.39, 0.29) is 11.5 Å². The molecule has 1 aliphatic heterocycles. The van der Waals surface area contributed by atoms with Crippen molar-refractivity contribution in [3.8, 4) is 0 Å². The third kappa shape index (κ3) is 3.09. The van der Waals surface area contributed by atoms with Crippen molar-refractivity contribution in [1.82, 2.24) is 15.0 Å². The van der Waals surface area contributed by atoms with Gasteiger partial charge in [-0.25, -0.2) is 0 Å². The summed E-state index contributed by atoms with van der Waals surface area (Å²) in [6.45, 7) is 11.1. The van der Waals surface area contributed by atoms with E-state index in [4.69, 9.17) is 10.3 Å². The highest BCUT2D eigenvalue weighted by molar-refractivity contribution is 5.00. The molecule has 0 aliphatic carbocycles. The monoisotopic (exact) mass is 252 g/mol. The molecule has 2 heterocycles. The topological polar surface area (TPSA) is 68.2 Å². The molecule has 2 atom stereocenters. The zero-order chi connectivity index (χ0) is 13.3. The van der Waals surface area contributed by atoms with Gasteiger partial charge in [-0.2, -0.15) is 4.98 Å². The van der Waals surface area contributed by atoms with Crippen LogP contribution in [-0.2, 0) is 12.0 Å². The van der Waals surface area contributed by atoms with Crippen LogP contribution in [-0.4, -0.2) is 34.2 Å². The number of hydrogen-bond donors (Lipinski definition) is 1. The van der Waals surface area contributed by atoms with Gasteiger partial charge in [-0.05, 0) is 18.9 Å². The second-order valence-electron chi connectivity index (χ2n) is 6.43. The Hall–Kier alpha value is -0.940. The molecule has 0 radical (unpaired) electrons. The van der Waals surface area contributed by atoms with E-state index in [0.29, 0.717) is 18.4 Å². The van der Waals surface area contributed by atoms with E-state index in [9.17, 15) is 0 Å². The summed E-state index contributed by atoms with van der Waals surface area (Å²) in [6.07, 6.45) is 1.14. The molecular weight excluding hydrogens is 228 g/mol. The van der Waals surface area contributed by atoms with E-state index in [1.165, 1.54) is 0 Å². The van der Waals surface area contributed by atoms with Gasteiger partial charge in [0.1, 0.15) is 0 Å². The van der Waals surface area contributed by atoms with Crippen molar-refractivity contribution in [2.75, 3.05) is 13.1 Å². The zero-order valence-electron chi connectivity index (χ0n) is 11.8. The van der Waals surface area contributed by atoms with Gasteiger partial charge >= 0.3 is 0 Å². The maximum atomic E-state index is 6.09. The minimum absolute atomic E-state index is 0.0609. The molecule has 1 fully saturated rings. The minimum Gasteiger partial charge on any atom is -0.338 e. The van der Waals surface area contributed by atoms with Gasteiger partial charge in [0.15, 0.2) is 5.82 Å². The summed E-state index contributed by atoms with van der Waals surface area (Å²) in [6, 6.07) is 0.253. The predicted molar refractivity (Wildman–Crippen MR) is 70.0 cm³/mol. The average molecular weight is 252 g/mol. The van der Waals surface area contributed by atoms with Crippen LogP contribution >= 0.6 is 0 Å². The number of aromatic nitrogens is 2. The highest BCUT2D eigenvalue weighted by Crippen LogP contribution is 2.20. The summed E-state index contributed by atoms with van der Waals surface area (Å²) in [4.78, 5) is 6.76. The Balaban J connectivity index is 1.96. The molecule has 5 heteroatoms. The molecule has 2 unspecified atom stereocenters. The average Bonchev–Trinajstić information content (AvgIpc) is 2.72. The van der Waals surface area contributed by atoms with Crippen LogP contribution in [0.5, 0.6) is 0 Å². The van der Waals surface area contributed by atoms with Crippen LogP contribution in [0, 0.1) is 5.92 Å². The Bertz CT molecular complexity index is 396. The maximum absolute atomic E-state index is 6.09. The van der Waals surface area contributed by atoms with Gasteiger partial charge in [0.25, 0.3) is 0 Å². The normalized spacial score (nSPS) is 26.5. The molecular formula is C13H24N4O. The summed E-state index contributed by atoms with van der Waals surface area (Å²) in [5, 5.41) is 4.04. The van der Waals surface area contributed by atoms with E-state index < -0.39 is 0 Å². The quantitative estimate of drug-likeness (QED) is 0.864. The fraction of sp³-hybridized carbons (Fsp3) is 0.846. The molecule has 5 nitrogen and oxygen atoms in total. The first-order valence-corrected chi connectivity index (χ1v) is 6.67. The molecule has 1 aromatic rings. The summed E-state index contributed by atoms with van der Waals surface area (Å²) in [5.41, 5.74) is 6.03. The van der Waals surface area contributed by atoms with Gasteiger partial charge in [0, 0.05) is 18.0 Å². The van der Waals surface area contributed by atoms with Crippen LogP contribution in [0.25, 0.3) is 0 Å². The molecule has 102 valence electrons. The van der Waals surface area contributed by atoms with Crippen molar-refractivity contribution in [3.05, 3.63) is 11.7 Å². The smallest absolute Gasteiger partial charge is 0.240 e. The Kier molecular flexibility index (Phi) is 3.73. The SMILES string of the molecule is CC1CCN(Cc2nc(C(C)(C)C)no2)CC1N. The standard InChI is InChI=1S/C13H24N4O/c1-9-5-6-17(7-10(9)14)8-11-15-12(16-18-11)13(2,3)4/h9-10H,5-8,14H2,1-4H3. The third-order valence-corrected chi connectivity index (χ3v) is 3.60. The Labute approximate surface area is 109 Å². The molecule has 2 rings (SSSR count). The first kappa shape index (κ1) is 13.5. The fourth-order valence-electron chi connectivity index (χ4n) is 2.13. The molecule has 0 bridgehead atoms. The van der Waals surface area contributed by atoms with Crippen LogP contribution in [0.2, 0.25) is 0 Å². The number of likely N-dealkylation sites (tertiary alicyclic amines) is 1. The number of nitrogens with zero attached hydrogens (tertiary/aromatic N) is 3. The molecule has 2 N–H and O–H groups in total. The Morgan fingerprint density at radius 2 is 2.17 bits per heavy atom. The van der Waals surface area contributed by atoms with Crippen molar-refractivity contribution >= 4 is 0 Å². The van der Waals surface area contributed by atoms with Crippen LogP contribution in [0.1, 0.15) is 45.8 Å². The van der Waals surface area contributed by atoms with Gasteiger partial charge in [-0.3, -0.25) is 4.90 Å². The van der Waals surface area contributed by atoms with Crippen molar-refractivity contribution in [1.29, 1.82) is 0 Å². The summed E-state index contributed by atoms with van der Waals surface area (Å²) < 4.78 is 5.31. The van der Waals surface area contributed by atoms with Gasteiger partial charge in [0.05, 0.1) is 6.54 Å². The van der Waals surface area contributed by atoms with Crippen LogP contribution in [0.3, 0.4) is 0 Å². The largest absolute Gasteiger partial charge is 0.338 e. The van der Waals surface area contributed by atoms with E-state index in [1.54, 1.807) is 0 Å². The van der Waals surface area contributed by atoms with Gasteiger partial charge in [-0.1, -0.05) is 32.9 Å². The second-order valence-corrected chi connectivity index (χ2v) is 6.43. The molecule has 0 spiro atoms. The molecule has 1 aromatic heterocycles. The van der Waals surface area contributed by atoms with Gasteiger partial charge in [-0.15, -0.1) is 0 Å². The highest BCUT2D eigenvalue weighted by Gasteiger charge is 2.26. The number of nitrogens with two attached hydrogens (primary N) is 1. The third-order valence-electron chi connectivity index (χ3n) is 3.60. The molecule has 0 aromatic carbocycles. The summed E-state index contributed by atoms with van der Waals surface area (Å²) in [7, 11) is 0. The molecule has 18 heavy (non-hydrogen) atoms. The maximum Gasteiger partial charge on any atom is 0.240 e. The van der Waals surface area contributed by atoms with E-state index in [0.717, 1.165) is 25.3 Å². The first-order chi connectivity index (χ1) is 8.36. The lowest BCUT2D eigenvalue weighted by molar-refractivity contribution is 0.146. The lowest BCUT2D eigenvalue weighted by Gasteiger charge is -2.34. The van der Waals surface area contributed by atoms with Gasteiger partial charge in [0.2, 0.25) is 5.89 Å². The number of hydrogen-bond acceptors (Lipinski definition) is 5. The summed E-state index contributed by atoms with van der Waals surface area (Å²) in [5.74, 6) is 2.07. The zero-order valence-corrected chi connectivity index (χ0v) is 11.8. The first-order valence-electron chi connectivity index (χ1n) is 6.67. The van der Waals surface area contributed by atoms with E-state index in [2.05, 4.69) is 42.7 Å². The van der Waals surface area contributed by atoms with E-state index >= 15 is 0 Å². The number of rotatable bonds is 2. The lowest BCUT2D eigenvalue weighted by atomic mass is 9.94. The second kappa shape index (κ2) is 4.97. The molecule has 1 saturated heterocycles.